The average molecular weight is 462 g/mol. The Morgan fingerprint density at radius 2 is 1.97 bits per heavy atom. The summed E-state index contributed by atoms with van der Waals surface area (Å²) in [5, 5.41) is 15.0. The molecule has 174 valence electrons. The molecular weight excluding hydrogens is 442 g/mol. The number of carbonyl (C=O) groups is 3. The summed E-state index contributed by atoms with van der Waals surface area (Å²) in [7, 11) is 1.68. The number of ether oxygens (including phenoxy) is 2. The molecular formula is C21H20F2N4O6. The quantitative estimate of drug-likeness (QED) is 0.558. The van der Waals surface area contributed by atoms with Gasteiger partial charge in [-0.25, -0.2) is 19.5 Å². The van der Waals surface area contributed by atoms with Crippen molar-refractivity contribution in [1.29, 1.82) is 0 Å². The van der Waals surface area contributed by atoms with Crippen molar-refractivity contribution < 1.29 is 37.7 Å². The summed E-state index contributed by atoms with van der Waals surface area (Å²) >= 11 is 0. The maximum Gasteiger partial charge on any atom is 0.586 e. The smallest absolute Gasteiger partial charge is 0.480 e. The van der Waals surface area contributed by atoms with E-state index in [9.17, 15) is 28.3 Å². The first-order valence-electron chi connectivity index (χ1n) is 9.98. The van der Waals surface area contributed by atoms with E-state index in [0.29, 0.717) is 21.8 Å². The van der Waals surface area contributed by atoms with Gasteiger partial charge in [0, 0.05) is 13.2 Å². The molecule has 1 fully saturated rings. The van der Waals surface area contributed by atoms with E-state index in [0.717, 1.165) is 0 Å². The number of likely N-dealkylation sites (tertiary alicyclic amines) is 1. The Kier molecular flexibility index (Phi) is 5.52. The van der Waals surface area contributed by atoms with E-state index in [1.165, 1.54) is 24.4 Å². The van der Waals surface area contributed by atoms with E-state index in [4.69, 9.17) is 0 Å². The van der Waals surface area contributed by atoms with Gasteiger partial charge in [0.1, 0.15) is 5.82 Å². The van der Waals surface area contributed by atoms with Crippen LogP contribution < -0.4 is 20.1 Å². The lowest BCUT2D eigenvalue weighted by molar-refractivity contribution is -0.286. The standard InChI is InChI=1S/C21H20F2N4O6/c1-10(12-3-4-14-15(9-12)33-21(22,23)32-14)26-20(31)27-17(19(29)30)13(18(27)28)7-11-5-6-25-16(8-11)24-2/h3-6,8-10,13,17H,7H2,1-2H3,(H,24,25)(H,26,31)(H,29,30). The second-order valence-electron chi connectivity index (χ2n) is 7.65. The molecule has 1 aromatic carbocycles. The number of nitrogens with zero attached hydrogens (tertiary/aromatic N) is 2. The summed E-state index contributed by atoms with van der Waals surface area (Å²) in [4.78, 5) is 41.9. The Morgan fingerprint density at radius 3 is 2.67 bits per heavy atom. The Morgan fingerprint density at radius 1 is 1.24 bits per heavy atom. The Bertz CT molecular complexity index is 1130. The predicted molar refractivity (Wildman–Crippen MR) is 109 cm³/mol. The van der Waals surface area contributed by atoms with Gasteiger partial charge in [-0.1, -0.05) is 6.07 Å². The highest BCUT2D eigenvalue weighted by molar-refractivity contribution is 6.07. The van der Waals surface area contributed by atoms with Crippen LogP contribution in [0.1, 0.15) is 24.1 Å². The zero-order chi connectivity index (χ0) is 23.9. The SMILES string of the molecule is CNc1cc(CC2C(=O)N(C(=O)NC(C)c3ccc4c(c3)OC(F)(F)O4)C2C(=O)O)ccn1. The van der Waals surface area contributed by atoms with E-state index in [-0.39, 0.29) is 17.9 Å². The highest BCUT2D eigenvalue weighted by atomic mass is 19.3. The van der Waals surface area contributed by atoms with E-state index >= 15 is 0 Å². The molecule has 2 aromatic rings. The molecule has 10 nitrogen and oxygen atoms in total. The minimum atomic E-state index is -3.77. The monoisotopic (exact) mass is 462 g/mol. The third kappa shape index (κ3) is 4.23. The Labute approximate surface area is 186 Å². The lowest BCUT2D eigenvalue weighted by Gasteiger charge is -2.43. The van der Waals surface area contributed by atoms with Crippen LogP contribution in [0.5, 0.6) is 11.5 Å². The molecule has 0 saturated carbocycles. The highest BCUT2D eigenvalue weighted by Gasteiger charge is 2.54. The van der Waals surface area contributed by atoms with Gasteiger partial charge >= 0.3 is 18.3 Å². The van der Waals surface area contributed by atoms with E-state index in [1.54, 1.807) is 26.1 Å². The molecule has 3 unspecified atom stereocenters. The first-order chi connectivity index (χ1) is 15.6. The van der Waals surface area contributed by atoms with Crippen molar-refractivity contribution in [3.05, 3.63) is 47.7 Å². The number of halogens is 2. The number of aliphatic carboxylic acids is 1. The number of amides is 3. The molecule has 0 bridgehead atoms. The number of carboxylic acids is 1. The normalized spacial score (nSPS) is 21.2. The summed E-state index contributed by atoms with van der Waals surface area (Å²) in [5.74, 6) is -2.62. The summed E-state index contributed by atoms with van der Waals surface area (Å²) in [6.07, 6.45) is -2.11. The van der Waals surface area contributed by atoms with Crippen molar-refractivity contribution in [2.45, 2.75) is 31.7 Å². The molecule has 0 spiro atoms. The van der Waals surface area contributed by atoms with Crippen molar-refractivity contribution in [2.75, 3.05) is 12.4 Å². The molecule has 4 rings (SSSR count). The lowest BCUT2D eigenvalue weighted by Crippen LogP contribution is -2.68. The van der Waals surface area contributed by atoms with Crippen LogP contribution in [-0.4, -0.2) is 52.3 Å². The fourth-order valence-electron chi connectivity index (χ4n) is 3.82. The van der Waals surface area contributed by atoms with Crippen molar-refractivity contribution in [1.82, 2.24) is 15.2 Å². The van der Waals surface area contributed by atoms with Gasteiger partial charge in [-0.2, -0.15) is 0 Å². The predicted octanol–water partition coefficient (Wildman–Crippen LogP) is 2.37. The zero-order valence-corrected chi connectivity index (χ0v) is 17.5. The molecule has 12 heteroatoms. The number of carboxylic acid groups (broad SMARTS) is 1. The summed E-state index contributed by atoms with van der Waals surface area (Å²) < 4.78 is 35.2. The number of aromatic nitrogens is 1. The second-order valence-corrected chi connectivity index (χ2v) is 7.65. The molecule has 33 heavy (non-hydrogen) atoms. The van der Waals surface area contributed by atoms with Gasteiger partial charge in [-0.05, 0) is 48.7 Å². The van der Waals surface area contributed by atoms with Crippen LogP contribution in [0, 0.1) is 5.92 Å². The minimum Gasteiger partial charge on any atom is -0.480 e. The van der Waals surface area contributed by atoms with Gasteiger partial charge in [-0.15, -0.1) is 8.78 Å². The second kappa shape index (κ2) is 8.19. The molecule has 2 aliphatic heterocycles. The van der Waals surface area contributed by atoms with Crippen LogP contribution in [0.4, 0.5) is 19.4 Å². The lowest BCUT2D eigenvalue weighted by atomic mass is 9.82. The maximum atomic E-state index is 13.2. The van der Waals surface area contributed by atoms with Crippen LogP contribution in [0.3, 0.4) is 0 Å². The van der Waals surface area contributed by atoms with Crippen LogP contribution in [-0.2, 0) is 16.0 Å². The van der Waals surface area contributed by atoms with Crippen LogP contribution in [0.15, 0.2) is 36.5 Å². The maximum absolute atomic E-state index is 13.2. The first kappa shape index (κ1) is 22.2. The zero-order valence-electron chi connectivity index (χ0n) is 17.5. The van der Waals surface area contributed by atoms with Crippen LogP contribution in [0.2, 0.25) is 0 Å². The molecule has 1 aromatic heterocycles. The summed E-state index contributed by atoms with van der Waals surface area (Å²) in [6.45, 7) is 1.56. The van der Waals surface area contributed by atoms with Gasteiger partial charge in [-0.3, -0.25) is 4.79 Å². The van der Waals surface area contributed by atoms with Gasteiger partial charge in [0.2, 0.25) is 5.91 Å². The molecule has 0 radical (unpaired) electrons. The summed E-state index contributed by atoms with van der Waals surface area (Å²) in [6, 6.07) is 4.39. The molecule has 0 aliphatic carbocycles. The van der Waals surface area contributed by atoms with Crippen LogP contribution in [0.25, 0.3) is 0 Å². The van der Waals surface area contributed by atoms with Crippen molar-refractivity contribution >= 4 is 23.7 Å². The number of nitrogens with one attached hydrogen (secondary N) is 2. The number of rotatable bonds is 6. The van der Waals surface area contributed by atoms with E-state index in [1.807, 2.05) is 0 Å². The fourth-order valence-corrected chi connectivity index (χ4v) is 3.82. The van der Waals surface area contributed by atoms with Crippen LogP contribution >= 0.6 is 0 Å². The molecule has 3 N–H and O–H groups in total. The number of carbonyl (C=O) groups excluding carboxylic acids is 2. The average Bonchev–Trinajstić information content (AvgIpc) is 3.07. The molecule has 3 heterocycles. The number of imide groups is 1. The van der Waals surface area contributed by atoms with Gasteiger partial charge < -0.3 is 25.2 Å². The van der Waals surface area contributed by atoms with Crippen molar-refractivity contribution in [3.63, 3.8) is 0 Å². The number of hydrogen-bond donors (Lipinski definition) is 3. The molecule has 3 amide bonds. The van der Waals surface area contributed by atoms with Gasteiger partial charge in [0.25, 0.3) is 0 Å². The number of hydrogen-bond acceptors (Lipinski definition) is 7. The topological polar surface area (TPSA) is 130 Å². The molecule has 2 aliphatic rings. The molecule has 1 saturated heterocycles. The van der Waals surface area contributed by atoms with E-state index < -0.39 is 42.2 Å². The minimum absolute atomic E-state index is 0.128. The van der Waals surface area contributed by atoms with Gasteiger partial charge in [0.05, 0.1) is 12.0 Å². The van der Waals surface area contributed by atoms with E-state index in [2.05, 4.69) is 25.1 Å². The Hall–Kier alpha value is -3.96. The number of β-lactam (4-membered cyclic amide) rings is 1. The van der Waals surface area contributed by atoms with Crippen molar-refractivity contribution in [3.8, 4) is 11.5 Å². The first-order valence-corrected chi connectivity index (χ1v) is 9.98. The Balaban J connectivity index is 1.44. The number of fused-ring (bicyclic) bond motifs is 1. The highest BCUT2D eigenvalue weighted by Crippen LogP contribution is 2.42. The third-order valence-corrected chi connectivity index (χ3v) is 5.49. The largest absolute Gasteiger partial charge is 0.586 e. The summed E-state index contributed by atoms with van der Waals surface area (Å²) in [5.41, 5.74) is 1.10. The number of pyridine rings is 1. The number of alkyl halides is 2. The fraction of sp³-hybridized carbons (Fsp3) is 0.333. The third-order valence-electron chi connectivity index (χ3n) is 5.49. The number of anilines is 1. The van der Waals surface area contributed by atoms with Gasteiger partial charge in [0.15, 0.2) is 17.5 Å². The van der Waals surface area contributed by atoms with Crippen molar-refractivity contribution in [2.24, 2.45) is 5.92 Å². The molecule has 3 atom stereocenters. The number of urea groups is 1. The number of benzene rings is 1.